The average molecular weight is 688 g/mol. The fourth-order valence-electron chi connectivity index (χ4n) is 9.66. The van der Waals surface area contributed by atoms with Crippen molar-refractivity contribution in [3.05, 3.63) is 185 Å². The molecular formula is C53H37N. The van der Waals surface area contributed by atoms with Crippen LogP contribution < -0.4 is 16.2 Å². The topological polar surface area (TPSA) is 26.0 Å². The molecule has 3 aliphatic rings. The molecule has 0 bridgehead atoms. The van der Waals surface area contributed by atoms with Crippen molar-refractivity contribution in [1.29, 1.82) is 0 Å². The highest BCUT2D eigenvalue weighted by molar-refractivity contribution is 6.19. The van der Waals surface area contributed by atoms with Crippen LogP contribution >= 0.6 is 0 Å². The number of fused-ring (bicyclic) bond motifs is 7. The Labute approximate surface area is 315 Å². The molecule has 0 heterocycles. The van der Waals surface area contributed by atoms with Crippen molar-refractivity contribution < 1.29 is 0 Å². The summed E-state index contributed by atoms with van der Waals surface area (Å²) in [6.45, 7) is 2.02. The van der Waals surface area contributed by atoms with Crippen molar-refractivity contribution in [3.63, 3.8) is 0 Å². The van der Waals surface area contributed by atoms with Gasteiger partial charge in [0.15, 0.2) is 0 Å². The Morgan fingerprint density at radius 3 is 1.96 bits per heavy atom. The van der Waals surface area contributed by atoms with Gasteiger partial charge in [0, 0.05) is 5.70 Å². The van der Waals surface area contributed by atoms with Crippen LogP contribution in [0.1, 0.15) is 30.9 Å². The van der Waals surface area contributed by atoms with Crippen LogP contribution in [0.25, 0.3) is 106 Å². The SMILES string of the molecule is CC=CC=C(N)c1ccc2c(-c3ccccc3)c3c(c(-c4ccccc4)c2c1)C1=c2c-3ccc(-c3ccc4c(c3)-c3cccc5cccc-4c35)c2=CCC1. The standard InChI is InChI=1S/C53H37N/c1-2-3-23-47(54)36-25-27-42-46(31-36)50(34-15-8-5-9-16-34)52-43-22-12-21-39-37(28-29-44(51(39)43)53(52)49(42)33-13-6-4-7-14-33)35-24-26-38-40-19-10-17-32-18-11-20-41(48(32)40)45(38)30-35/h2-11,13-21,23-31H,12,22,54H2,1H3. The normalized spacial score (nSPS) is 13.7. The maximum absolute atomic E-state index is 6.73. The molecule has 0 saturated heterocycles. The molecule has 0 amide bonds. The van der Waals surface area contributed by atoms with Gasteiger partial charge in [0.2, 0.25) is 0 Å². The predicted molar refractivity (Wildman–Crippen MR) is 230 cm³/mol. The first-order chi connectivity index (χ1) is 26.7. The van der Waals surface area contributed by atoms with Gasteiger partial charge in [0.25, 0.3) is 0 Å². The second kappa shape index (κ2) is 11.9. The lowest BCUT2D eigenvalue weighted by Gasteiger charge is -2.22. The first-order valence-electron chi connectivity index (χ1n) is 19.1. The number of rotatable bonds is 5. The fraction of sp³-hybridized carbons (Fsp3) is 0.0566. The highest BCUT2D eigenvalue weighted by Crippen LogP contribution is 2.52. The second-order valence-electron chi connectivity index (χ2n) is 14.8. The second-order valence-corrected chi connectivity index (χ2v) is 14.8. The summed E-state index contributed by atoms with van der Waals surface area (Å²) in [5.74, 6) is 0. The van der Waals surface area contributed by atoms with E-state index in [1.165, 1.54) is 110 Å². The summed E-state index contributed by atoms with van der Waals surface area (Å²) < 4.78 is 0. The van der Waals surface area contributed by atoms with Crippen molar-refractivity contribution >= 4 is 38.9 Å². The Kier molecular flexibility index (Phi) is 6.81. The number of allylic oxidation sites excluding steroid dienone is 3. The molecule has 54 heavy (non-hydrogen) atoms. The molecule has 0 saturated carbocycles. The molecule has 1 heteroatoms. The third-order valence-corrected chi connectivity index (χ3v) is 11.9. The number of hydrogen-bond donors (Lipinski definition) is 1. The molecule has 11 rings (SSSR count). The third kappa shape index (κ3) is 4.39. The number of benzene rings is 8. The average Bonchev–Trinajstić information content (AvgIpc) is 3.73. The van der Waals surface area contributed by atoms with Gasteiger partial charge in [-0.1, -0.05) is 152 Å². The van der Waals surface area contributed by atoms with Gasteiger partial charge in [-0.3, -0.25) is 0 Å². The minimum absolute atomic E-state index is 0.764. The monoisotopic (exact) mass is 687 g/mol. The fourth-order valence-corrected chi connectivity index (χ4v) is 9.66. The van der Waals surface area contributed by atoms with E-state index in [9.17, 15) is 0 Å². The summed E-state index contributed by atoms with van der Waals surface area (Å²) in [6, 6.07) is 54.2. The summed E-state index contributed by atoms with van der Waals surface area (Å²) in [4.78, 5) is 0. The van der Waals surface area contributed by atoms with Crippen molar-refractivity contribution in [3.8, 4) is 66.8 Å². The lowest BCUT2D eigenvalue weighted by atomic mass is 9.81. The van der Waals surface area contributed by atoms with Crippen LogP contribution in [-0.2, 0) is 0 Å². The van der Waals surface area contributed by atoms with Crippen LogP contribution in [0.15, 0.2) is 164 Å². The zero-order valence-electron chi connectivity index (χ0n) is 30.2. The van der Waals surface area contributed by atoms with Crippen LogP contribution in [0.2, 0.25) is 0 Å². The van der Waals surface area contributed by atoms with Crippen molar-refractivity contribution in [2.75, 3.05) is 0 Å². The largest absolute Gasteiger partial charge is 0.398 e. The minimum Gasteiger partial charge on any atom is -0.398 e. The Balaban J connectivity index is 1.22. The van der Waals surface area contributed by atoms with E-state index in [0.29, 0.717) is 0 Å². The van der Waals surface area contributed by atoms with Crippen molar-refractivity contribution in [2.24, 2.45) is 5.73 Å². The van der Waals surface area contributed by atoms with E-state index in [2.05, 4.69) is 152 Å². The smallest absolute Gasteiger partial charge is 0.0387 e. The van der Waals surface area contributed by atoms with Crippen molar-refractivity contribution in [2.45, 2.75) is 19.8 Å². The highest BCUT2D eigenvalue weighted by Gasteiger charge is 2.32. The van der Waals surface area contributed by atoms with Crippen LogP contribution in [-0.4, -0.2) is 0 Å². The Bertz CT molecular complexity index is 3080. The van der Waals surface area contributed by atoms with Crippen LogP contribution in [0.5, 0.6) is 0 Å². The number of nitrogens with two attached hydrogens (primary N) is 1. The maximum Gasteiger partial charge on any atom is 0.0387 e. The van der Waals surface area contributed by atoms with E-state index >= 15 is 0 Å². The van der Waals surface area contributed by atoms with E-state index in [1.54, 1.807) is 0 Å². The molecular weight excluding hydrogens is 651 g/mol. The first-order valence-corrected chi connectivity index (χ1v) is 19.1. The van der Waals surface area contributed by atoms with Gasteiger partial charge < -0.3 is 5.73 Å². The summed E-state index contributed by atoms with van der Waals surface area (Å²) in [6.07, 6.45) is 10.5. The summed E-state index contributed by atoms with van der Waals surface area (Å²) in [5.41, 5.74) is 27.0. The molecule has 0 spiro atoms. The van der Waals surface area contributed by atoms with Gasteiger partial charge in [-0.2, -0.15) is 0 Å². The lowest BCUT2D eigenvalue weighted by molar-refractivity contribution is 1.09. The molecule has 0 aliphatic heterocycles. The van der Waals surface area contributed by atoms with Gasteiger partial charge in [-0.05, 0) is 153 Å². The van der Waals surface area contributed by atoms with Gasteiger partial charge in [0.05, 0.1) is 0 Å². The van der Waals surface area contributed by atoms with E-state index in [0.717, 1.165) is 24.1 Å². The Hall–Kier alpha value is -6.70. The van der Waals surface area contributed by atoms with Gasteiger partial charge in [0.1, 0.15) is 0 Å². The highest BCUT2D eigenvalue weighted by atomic mass is 14.6. The van der Waals surface area contributed by atoms with E-state index in [-0.39, 0.29) is 0 Å². The van der Waals surface area contributed by atoms with E-state index in [1.807, 2.05) is 25.2 Å². The predicted octanol–water partition coefficient (Wildman–Crippen LogP) is 12.3. The molecule has 3 aliphatic carbocycles. The molecule has 0 radical (unpaired) electrons. The zero-order chi connectivity index (χ0) is 35.9. The molecule has 1 nitrogen and oxygen atoms in total. The van der Waals surface area contributed by atoms with Crippen molar-refractivity contribution in [1.82, 2.24) is 0 Å². The summed E-state index contributed by atoms with van der Waals surface area (Å²) in [7, 11) is 0. The van der Waals surface area contributed by atoms with Gasteiger partial charge in [-0.25, -0.2) is 0 Å². The van der Waals surface area contributed by atoms with Crippen LogP contribution in [0, 0.1) is 0 Å². The quantitative estimate of drug-likeness (QED) is 0.179. The van der Waals surface area contributed by atoms with Crippen LogP contribution in [0.3, 0.4) is 0 Å². The minimum atomic E-state index is 0.764. The van der Waals surface area contributed by atoms with E-state index in [4.69, 9.17) is 5.73 Å². The molecule has 8 aromatic carbocycles. The summed E-state index contributed by atoms with van der Waals surface area (Å²) in [5, 5.41) is 7.92. The maximum atomic E-state index is 6.73. The zero-order valence-corrected chi connectivity index (χ0v) is 30.2. The van der Waals surface area contributed by atoms with Gasteiger partial charge >= 0.3 is 0 Å². The van der Waals surface area contributed by atoms with E-state index < -0.39 is 0 Å². The number of hydrogen-bond acceptors (Lipinski definition) is 1. The molecule has 8 aromatic rings. The third-order valence-electron chi connectivity index (χ3n) is 11.9. The lowest BCUT2D eigenvalue weighted by Crippen LogP contribution is -2.31. The first kappa shape index (κ1) is 30.9. The van der Waals surface area contributed by atoms with Crippen LogP contribution in [0.4, 0.5) is 0 Å². The molecule has 2 N–H and O–H groups in total. The molecule has 0 fully saturated rings. The van der Waals surface area contributed by atoms with Gasteiger partial charge in [-0.15, -0.1) is 0 Å². The Morgan fingerprint density at radius 2 is 1.22 bits per heavy atom. The molecule has 254 valence electrons. The molecule has 0 atom stereocenters. The molecule has 0 aromatic heterocycles. The summed E-state index contributed by atoms with van der Waals surface area (Å²) >= 11 is 0. The molecule has 0 unspecified atom stereocenters. The Morgan fingerprint density at radius 1 is 0.537 bits per heavy atom.